The smallest absolute Gasteiger partial charge is 0.345 e. The predicted molar refractivity (Wildman–Crippen MR) is 53.7 cm³/mol. The lowest BCUT2D eigenvalue weighted by atomic mass is 10.2. The van der Waals surface area contributed by atoms with E-state index in [2.05, 4.69) is 9.97 Å². The van der Waals surface area contributed by atoms with Crippen LogP contribution >= 0.6 is 0 Å². The van der Waals surface area contributed by atoms with E-state index in [1.165, 1.54) is 0 Å². The lowest BCUT2D eigenvalue weighted by Crippen LogP contribution is -2.31. The summed E-state index contributed by atoms with van der Waals surface area (Å²) in [4.78, 5) is 15.2. The zero-order valence-electron chi connectivity index (χ0n) is 8.78. The first-order chi connectivity index (χ1) is 8.04. The number of aliphatic hydroxyl groups is 3. The van der Waals surface area contributed by atoms with Crippen LogP contribution in [0, 0.1) is 5.82 Å². The summed E-state index contributed by atoms with van der Waals surface area (Å²) in [7, 11) is 0. The van der Waals surface area contributed by atoms with Gasteiger partial charge in [0.25, 0.3) is 0 Å². The van der Waals surface area contributed by atoms with Crippen molar-refractivity contribution >= 4 is 0 Å². The summed E-state index contributed by atoms with van der Waals surface area (Å²) >= 11 is 0. The van der Waals surface area contributed by atoms with Crippen LogP contribution in [-0.4, -0.2) is 56.8 Å². The van der Waals surface area contributed by atoms with Gasteiger partial charge in [-0.15, -0.1) is 0 Å². The van der Waals surface area contributed by atoms with Gasteiger partial charge in [-0.1, -0.05) is 0 Å². The van der Waals surface area contributed by atoms with E-state index >= 15 is 0 Å². The molecule has 0 aromatic carbocycles. The van der Waals surface area contributed by atoms with Gasteiger partial charge in [0, 0.05) is 6.20 Å². The van der Waals surface area contributed by atoms with Gasteiger partial charge in [-0.2, -0.15) is 4.98 Å². The molecule has 1 fully saturated rings. The third-order valence-electron chi connectivity index (χ3n) is 2.07. The van der Waals surface area contributed by atoms with Crippen LogP contribution in [0.5, 0.6) is 0 Å². The van der Waals surface area contributed by atoms with Crippen molar-refractivity contribution in [1.82, 2.24) is 9.97 Å². The Morgan fingerprint density at radius 3 is 2.59 bits per heavy atom. The first-order valence-corrected chi connectivity index (χ1v) is 4.83. The van der Waals surface area contributed by atoms with Crippen molar-refractivity contribution < 1.29 is 24.4 Å². The number of rotatable bonds is 1. The Kier molecular flexibility index (Phi) is 5.16. The first kappa shape index (κ1) is 13.7. The summed E-state index contributed by atoms with van der Waals surface area (Å²) in [5.41, 5.74) is -0.536. The van der Waals surface area contributed by atoms with E-state index in [0.717, 1.165) is 12.4 Å². The summed E-state index contributed by atoms with van der Waals surface area (Å²) < 4.78 is 16.6. The van der Waals surface area contributed by atoms with Crippen LogP contribution in [0.1, 0.15) is 0 Å². The molecule has 2 rings (SSSR count). The maximum absolute atomic E-state index is 11.9. The Labute approximate surface area is 95.5 Å². The zero-order valence-corrected chi connectivity index (χ0v) is 8.78. The zero-order chi connectivity index (χ0) is 12.8. The summed E-state index contributed by atoms with van der Waals surface area (Å²) in [6.07, 6.45) is -0.536. The van der Waals surface area contributed by atoms with E-state index in [9.17, 15) is 9.18 Å². The summed E-state index contributed by atoms with van der Waals surface area (Å²) in [5.74, 6) is -0.537. The largest absolute Gasteiger partial charge is 0.394 e. The second kappa shape index (κ2) is 6.40. The maximum Gasteiger partial charge on any atom is 0.345 e. The van der Waals surface area contributed by atoms with E-state index in [4.69, 9.17) is 20.1 Å². The highest BCUT2D eigenvalue weighted by molar-refractivity contribution is 4.82. The molecule has 1 saturated heterocycles. The highest BCUT2D eigenvalue weighted by atomic mass is 19.1. The topological polar surface area (TPSA) is 116 Å². The van der Waals surface area contributed by atoms with E-state index in [0.29, 0.717) is 0 Å². The van der Waals surface area contributed by atoms with E-state index in [1.807, 2.05) is 0 Å². The van der Waals surface area contributed by atoms with Crippen molar-refractivity contribution in [1.29, 1.82) is 0 Å². The number of H-pyrrole nitrogens is 1. The van der Waals surface area contributed by atoms with Gasteiger partial charge < -0.3 is 25.0 Å². The van der Waals surface area contributed by atoms with Crippen molar-refractivity contribution in [3.63, 3.8) is 0 Å². The van der Waals surface area contributed by atoms with Gasteiger partial charge in [0.2, 0.25) is 0 Å². The molecule has 3 atom stereocenters. The van der Waals surface area contributed by atoms with Gasteiger partial charge >= 0.3 is 5.69 Å². The quantitative estimate of drug-likeness (QED) is 0.457. The molecule has 0 radical (unpaired) electrons. The number of aliphatic hydroxyl groups excluding tert-OH is 3. The molecule has 0 saturated carbocycles. The Bertz CT molecular complexity index is 379. The van der Waals surface area contributed by atoms with Crippen LogP contribution in [0.25, 0.3) is 0 Å². The van der Waals surface area contributed by atoms with Crippen molar-refractivity contribution in [2.45, 2.75) is 18.3 Å². The average Bonchev–Trinajstić information content (AvgIpc) is 2.64. The highest BCUT2D eigenvalue weighted by Gasteiger charge is 2.33. The fraction of sp³-hybridized carbons (Fsp3) is 0.556. The summed E-state index contributed by atoms with van der Waals surface area (Å²) in [6, 6.07) is 0. The Balaban J connectivity index is 0.000000171. The first-order valence-electron chi connectivity index (χ1n) is 4.83. The molecule has 1 aliphatic heterocycles. The minimum atomic E-state index is -0.921. The number of ether oxygens (including phenoxy) is 1. The molecule has 1 aromatic heterocycles. The van der Waals surface area contributed by atoms with Crippen LogP contribution in [-0.2, 0) is 4.74 Å². The number of aromatic amines is 1. The molecule has 8 heteroatoms. The second-order valence-electron chi connectivity index (χ2n) is 3.35. The summed E-state index contributed by atoms with van der Waals surface area (Å²) in [6.45, 7) is -0.120. The standard InChI is InChI=1S/C5H10O4.C4H3FN2O/c6-1-4-5(8)3(7)2-9-4;5-3-1-6-4(8)7-2-3/h3-8H,1-2H2;1-2H,(H,6,7,8)/t3-,4+,5-;/m0./s1. The SMILES string of the molecule is O=c1ncc(F)c[nH]1.OC[C@H]1OC[C@H](O)[C@@H]1O. The molecule has 4 N–H and O–H groups in total. The molecule has 2 heterocycles. The fourth-order valence-electron chi connectivity index (χ4n) is 1.15. The lowest BCUT2D eigenvalue weighted by molar-refractivity contribution is -0.00588. The Morgan fingerprint density at radius 2 is 2.29 bits per heavy atom. The normalized spacial score (nSPS) is 27.4. The molecule has 0 spiro atoms. The number of hydrogen-bond donors (Lipinski definition) is 4. The third-order valence-corrected chi connectivity index (χ3v) is 2.07. The van der Waals surface area contributed by atoms with Crippen LogP contribution in [0.4, 0.5) is 4.39 Å². The van der Waals surface area contributed by atoms with Crippen LogP contribution in [0.15, 0.2) is 17.2 Å². The van der Waals surface area contributed by atoms with Crippen molar-refractivity contribution in [2.75, 3.05) is 13.2 Å². The molecule has 17 heavy (non-hydrogen) atoms. The van der Waals surface area contributed by atoms with Crippen molar-refractivity contribution in [2.24, 2.45) is 0 Å². The third kappa shape index (κ3) is 4.19. The van der Waals surface area contributed by atoms with Gasteiger partial charge in [-0.3, -0.25) is 0 Å². The van der Waals surface area contributed by atoms with Crippen LogP contribution in [0.2, 0.25) is 0 Å². The number of aromatic nitrogens is 2. The highest BCUT2D eigenvalue weighted by Crippen LogP contribution is 2.12. The molecule has 96 valence electrons. The van der Waals surface area contributed by atoms with Crippen molar-refractivity contribution in [3.05, 3.63) is 28.7 Å². The number of nitrogens with zero attached hydrogens (tertiary/aromatic N) is 1. The maximum atomic E-state index is 11.9. The van der Waals surface area contributed by atoms with Gasteiger partial charge in [0.1, 0.15) is 18.3 Å². The van der Waals surface area contributed by atoms with Gasteiger partial charge in [0.05, 0.1) is 19.4 Å². The second-order valence-corrected chi connectivity index (χ2v) is 3.35. The Hall–Kier alpha value is -1.35. The molecule has 0 aliphatic carbocycles. The summed E-state index contributed by atoms with van der Waals surface area (Å²) in [5, 5.41) is 26.2. The molecule has 1 aromatic rings. The average molecular weight is 248 g/mol. The number of nitrogens with one attached hydrogen (secondary N) is 1. The molecule has 0 bridgehead atoms. The fourth-order valence-corrected chi connectivity index (χ4v) is 1.15. The van der Waals surface area contributed by atoms with Gasteiger partial charge in [-0.25, -0.2) is 9.18 Å². The molecular formula is C9H13FN2O5. The monoisotopic (exact) mass is 248 g/mol. The number of hydrogen-bond acceptors (Lipinski definition) is 6. The minimum absolute atomic E-state index is 0.117. The molecule has 0 unspecified atom stereocenters. The van der Waals surface area contributed by atoms with Crippen LogP contribution < -0.4 is 5.69 Å². The number of halogens is 1. The molecule has 7 nitrogen and oxygen atoms in total. The van der Waals surface area contributed by atoms with Crippen molar-refractivity contribution in [3.8, 4) is 0 Å². The Morgan fingerprint density at radius 1 is 1.59 bits per heavy atom. The van der Waals surface area contributed by atoms with E-state index < -0.39 is 29.8 Å². The predicted octanol–water partition coefficient (Wildman–Crippen LogP) is -1.99. The molecule has 1 aliphatic rings. The van der Waals surface area contributed by atoms with Gasteiger partial charge in [0.15, 0.2) is 5.82 Å². The van der Waals surface area contributed by atoms with Crippen LogP contribution in [0.3, 0.4) is 0 Å². The minimum Gasteiger partial charge on any atom is -0.394 e. The lowest BCUT2D eigenvalue weighted by Gasteiger charge is -2.10. The molecule has 0 amide bonds. The van der Waals surface area contributed by atoms with Gasteiger partial charge in [-0.05, 0) is 0 Å². The van der Waals surface area contributed by atoms with E-state index in [1.54, 1.807) is 0 Å². The molecular weight excluding hydrogens is 235 g/mol. The van der Waals surface area contributed by atoms with E-state index in [-0.39, 0.29) is 13.2 Å².